The fourth-order valence-corrected chi connectivity index (χ4v) is 2.74. The van der Waals surface area contributed by atoms with Crippen molar-refractivity contribution < 1.29 is 27.9 Å². The van der Waals surface area contributed by atoms with Crippen LogP contribution in [0.1, 0.15) is 0 Å². The number of carboxylic acids is 1. The monoisotopic (exact) mass is 330 g/mol. The number of carbonyl (C=O) groups is 2. The number of hydrogen-bond acceptors (Lipinski definition) is 5. The van der Waals surface area contributed by atoms with E-state index in [9.17, 15) is 18.0 Å². The van der Waals surface area contributed by atoms with Gasteiger partial charge in [-0.2, -0.15) is 4.31 Å². The molecule has 0 aliphatic rings. The Morgan fingerprint density at radius 1 is 1.32 bits per heavy atom. The zero-order valence-electron chi connectivity index (χ0n) is 12.2. The molecule has 0 aliphatic heterocycles. The second kappa shape index (κ2) is 7.87. The number of sulfonamides is 1. The molecule has 0 aromatic heterocycles. The molecule has 0 spiro atoms. The van der Waals surface area contributed by atoms with Crippen molar-refractivity contribution in [1.29, 1.82) is 0 Å². The Morgan fingerprint density at radius 2 is 1.91 bits per heavy atom. The fraction of sp³-hybridized carbons (Fsp3) is 0.385. The number of carboxylic acid groups (broad SMARTS) is 1. The molecule has 0 saturated heterocycles. The van der Waals surface area contributed by atoms with Crippen molar-refractivity contribution in [2.24, 2.45) is 0 Å². The van der Waals surface area contributed by atoms with E-state index in [1.165, 1.54) is 26.3 Å². The summed E-state index contributed by atoms with van der Waals surface area (Å²) in [6, 6.07) is 7.69. The number of rotatable bonds is 8. The Balaban J connectivity index is 2.63. The topological polar surface area (TPSA) is 113 Å². The number of nitrogens with one attached hydrogen (secondary N) is 1. The van der Waals surface area contributed by atoms with Gasteiger partial charge in [0.25, 0.3) is 0 Å². The molecule has 0 fully saturated rings. The summed E-state index contributed by atoms with van der Waals surface area (Å²) in [6.07, 6.45) is -1.18. The largest absolute Gasteiger partial charge is 0.479 e. The normalized spacial score (nSPS) is 12.9. The van der Waals surface area contributed by atoms with Crippen molar-refractivity contribution in [3.8, 4) is 0 Å². The van der Waals surface area contributed by atoms with Crippen LogP contribution < -0.4 is 5.32 Å². The Morgan fingerprint density at radius 3 is 2.41 bits per heavy atom. The van der Waals surface area contributed by atoms with E-state index in [1.54, 1.807) is 18.2 Å². The second-order valence-corrected chi connectivity index (χ2v) is 6.49. The lowest BCUT2D eigenvalue weighted by molar-refractivity contribution is -0.148. The van der Waals surface area contributed by atoms with Crippen molar-refractivity contribution >= 4 is 21.9 Å². The van der Waals surface area contributed by atoms with E-state index >= 15 is 0 Å². The van der Waals surface area contributed by atoms with Gasteiger partial charge in [0.15, 0.2) is 6.10 Å². The number of hydrogen-bond donors (Lipinski definition) is 2. The average Bonchev–Trinajstić information content (AvgIpc) is 2.48. The van der Waals surface area contributed by atoms with Crippen LogP contribution in [0.2, 0.25) is 0 Å². The van der Waals surface area contributed by atoms with Gasteiger partial charge in [0.1, 0.15) is 0 Å². The zero-order chi connectivity index (χ0) is 16.8. The van der Waals surface area contributed by atoms with Crippen molar-refractivity contribution in [3.63, 3.8) is 0 Å². The molecule has 0 radical (unpaired) electrons. The molecule has 1 aromatic rings. The lowest BCUT2D eigenvalue weighted by Crippen LogP contribution is -2.43. The molecular formula is C13H18N2O6S. The average molecular weight is 330 g/mol. The molecule has 122 valence electrons. The minimum Gasteiger partial charge on any atom is -0.479 e. The van der Waals surface area contributed by atoms with Gasteiger partial charge in [-0.3, -0.25) is 4.79 Å². The van der Waals surface area contributed by atoms with Crippen molar-refractivity contribution in [2.75, 3.05) is 27.2 Å². The third kappa shape index (κ3) is 4.79. The van der Waals surface area contributed by atoms with E-state index in [2.05, 4.69) is 10.1 Å². The SMILES string of the molecule is COC(CNC(=O)CN(C)S(=O)(=O)c1ccccc1)C(=O)O. The van der Waals surface area contributed by atoms with Gasteiger partial charge < -0.3 is 15.2 Å². The van der Waals surface area contributed by atoms with E-state index in [-0.39, 0.29) is 11.4 Å². The first-order chi connectivity index (χ1) is 10.3. The molecule has 8 nitrogen and oxygen atoms in total. The van der Waals surface area contributed by atoms with E-state index in [1.807, 2.05) is 0 Å². The lowest BCUT2D eigenvalue weighted by atomic mass is 10.3. The van der Waals surface area contributed by atoms with E-state index in [4.69, 9.17) is 5.11 Å². The van der Waals surface area contributed by atoms with Crippen LogP contribution in [0.3, 0.4) is 0 Å². The molecule has 1 aromatic carbocycles. The molecule has 1 atom stereocenters. The molecule has 22 heavy (non-hydrogen) atoms. The van der Waals surface area contributed by atoms with E-state index in [0.29, 0.717) is 0 Å². The van der Waals surface area contributed by atoms with E-state index in [0.717, 1.165) is 4.31 Å². The van der Waals surface area contributed by atoms with Gasteiger partial charge in [-0.15, -0.1) is 0 Å². The van der Waals surface area contributed by atoms with Crippen molar-refractivity contribution in [3.05, 3.63) is 30.3 Å². The number of ether oxygens (including phenoxy) is 1. The minimum absolute atomic E-state index is 0.0746. The van der Waals surface area contributed by atoms with Gasteiger partial charge in [-0.25, -0.2) is 13.2 Å². The Kier molecular flexibility index (Phi) is 6.47. The van der Waals surface area contributed by atoms with E-state index < -0.39 is 34.5 Å². The van der Waals surface area contributed by atoms with Gasteiger partial charge in [0, 0.05) is 14.2 Å². The van der Waals surface area contributed by atoms with Gasteiger partial charge in [0.05, 0.1) is 18.0 Å². The molecular weight excluding hydrogens is 312 g/mol. The number of benzene rings is 1. The number of methoxy groups -OCH3 is 1. The van der Waals surface area contributed by atoms with Crippen molar-refractivity contribution in [2.45, 2.75) is 11.0 Å². The first-order valence-electron chi connectivity index (χ1n) is 6.32. The van der Waals surface area contributed by atoms with Crippen LogP contribution in [0.25, 0.3) is 0 Å². The molecule has 1 rings (SSSR count). The summed E-state index contributed by atoms with van der Waals surface area (Å²) in [5, 5.41) is 11.1. The maximum atomic E-state index is 12.2. The molecule has 1 unspecified atom stereocenters. The summed E-state index contributed by atoms with van der Waals surface area (Å²) in [6.45, 7) is -0.669. The highest BCUT2D eigenvalue weighted by molar-refractivity contribution is 7.89. The van der Waals surface area contributed by atoms with Crippen molar-refractivity contribution in [1.82, 2.24) is 9.62 Å². The van der Waals surface area contributed by atoms with Crippen LogP contribution in [0.4, 0.5) is 0 Å². The van der Waals surface area contributed by atoms with Crippen LogP contribution >= 0.6 is 0 Å². The number of nitrogens with zero attached hydrogens (tertiary/aromatic N) is 1. The molecule has 0 saturated carbocycles. The number of amides is 1. The van der Waals surface area contributed by atoms with Crippen LogP contribution in [-0.4, -0.2) is 63.1 Å². The molecule has 9 heteroatoms. The molecule has 2 N–H and O–H groups in total. The summed E-state index contributed by atoms with van der Waals surface area (Å²) in [5.41, 5.74) is 0. The predicted octanol–water partition coefficient (Wildman–Crippen LogP) is -0.477. The molecule has 1 amide bonds. The third-order valence-electron chi connectivity index (χ3n) is 2.86. The third-order valence-corrected chi connectivity index (χ3v) is 4.68. The number of aliphatic carboxylic acids is 1. The van der Waals surface area contributed by atoms with Crippen LogP contribution in [0.15, 0.2) is 35.2 Å². The summed E-state index contributed by atoms with van der Waals surface area (Å²) in [7, 11) is -1.29. The molecule has 0 heterocycles. The standard InChI is InChI=1S/C13H18N2O6S/c1-15(22(19,20)10-6-4-3-5-7-10)9-12(16)14-8-11(21-2)13(17)18/h3-7,11H,8-9H2,1-2H3,(H,14,16)(H,17,18). The number of likely N-dealkylation sites (N-methyl/N-ethyl adjacent to an activating group) is 1. The second-order valence-electron chi connectivity index (χ2n) is 4.44. The Hall–Kier alpha value is -1.97. The highest BCUT2D eigenvalue weighted by atomic mass is 32.2. The molecule has 0 bridgehead atoms. The first-order valence-corrected chi connectivity index (χ1v) is 7.76. The van der Waals surface area contributed by atoms with Crippen LogP contribution in [-0.2, 0) is 24.3 Å². The maximum Gasteiger partial charge on any atom is 0.334 e. The number of carbonyl (C=O) groups excluding carboxylic acids is 1. The highest BCUT2D eigenvalue weighted by Gasteiger charge is 2.23. The fourth-order valence-electron chi connectivity index (χ4n) is 1.59. The Labute approximate surface area is 128 Å². The highest BCUT2D eigenvalue weighted by Crippen LogP contribution is 2.12. The van der Waals surface area contributed by atoms with Gasteiger partial charge in [-0.05, 0) is 12.1 Å². The maximum absolute atomic E-state index is 12.2. The minimum atomic E-state index is -3.77. The quantitative estimate of drug-likeness (QED) is 0.666. The summed E-state index contributed by atoms with van der Waals surface area (Å²) in [5.74, 6) is -1.83. The predicted molar refractivity (Wildman–Crippen MR) is 77.7 cm³/mol. The first kappa shape index (κ1) is 18.1. The van der Waals surface area contributed by atoms with Gasteiger partial charge >= 0.3 is 5.97 Å². The van der Waals surface area contributed by atoms with Gasteiger partial charge in [0.2, 0.25) is 15.9 Å². The molecule has 0 aliphatic carbocycles. The smallest absolute Gasteiger partial charge is 0.334 e. The van der Waals surface area contributed by atoms with Gasteiger partial charge in [-0.1, -0.05) is 18.2 Å². The summed E-state index contributed by atoms with van der Waals surface area (Å²) >= 11 is 0. The van der Waals surface area contributed by atoms with Crippen LogP contribution in [0, 0.1) is 0 Å². The van der Waals surface area contributed by atoms with Crippen LogP contribution in [0.5, 0.6) is 0 Å². The zero-order valence-corrected chi connectivity index (χ0v) is 13.0. The lowest BCUT2D eigenvalue weighted by Gasteiger charge is -2.17. The summed E-state index contributed by atoms with van der Waals surface area (Å²) < 4.78 is 29.9. The Bertz CT molecular complexity index is 617. The summed E-state index contributed by atoms with van der Waals surface area (Å²) in [4.78, 5) is 22.5.